The first-order valence-corrected chi connectivity index (χ1v) is 11.2. The third-order valence-electron chi connectivity index (χ3n) is 5.32. The van der Waals surface area contributed by atoms with E-state index in [0.717, 1.165) is 5.39 Å². The zero-order chi connectivity index (χ0) is 25.2. The highest BCUT2D eigenvalue weighted by Crippen LogP contribution is 2.28. The van der Waals surface area contributed by atoms with Crippen LogP contribution in [0.3, 0.4) is 0 Å². The minimum Gasteiger partial charge on any atom is -0.454 e. The first-order chi connectivity index (χ1) is 16.6. The summed E-state index contributed by atoms with van der Waals surface area (Å²) in [5, 5.41) is 3.43. The standard InChI is InChI=1S/C25H27FN4O5/c1-25(2,3)35-24(33)30-12-10-29(11-13-30)23(32)27-17-5-8-21(19(26)15-17)34-18-6-7-20-16(14-18)4-9-22(31)28-20/h4-9,14-15H,10-13H2,1-3H3,(H,27,32)(H,28,31). The van der Waals surface area contributed by atoms with Crippen molar-refractivity contribution in [2.45, 2.75) is 26.4 Å². The Bertz CT molecular complexity index is 1310. The van der Waals surface area contributed by atoms with E-state index in [4.69, 9.17) is 9.47 Å². The van der Waals surface area contributed by atoms with Crippen LogP contribution in [0.2, 0.25) is 0 Å². The number of urea groups is 1. The average Bonchev–Trinajstić information content (AvgIpc) is 2.80. The number of piperazine rings is 1. The Balaban J connectivity index is 1.34. The maximum Gasteiger partial charge on any atom is 0.410 e. The molecule has 0 bridgehead atoms. The van der Waals surface area contributed by atoms with Gasteiger partial charge in [0.1, 0.15) is 11.4 Å². The molecule has 0 unspecified atom stereocenters. The molecule has 2 N–H and O–H groups in total. The number of aromatic nitrogens is 1. The summed E-state index contributed by atoms with van der Waals surface area (Å²) in [6, 6.07) is 11.8. The van der Waals surface area contributed by atoms with Crippen LogP contribution in [0.15, 0.2) is 53.3 Å². The number of amides is 3. The van der Waals surface area contributed by atoms with Gasteiger partial charge in [-0.05, 0) is 57.2 Å². The lowest BCUT2D eigenvalue weighted by Gasteiger charge is -2.35. The molecule has 1 aliphatic rings. The number of hydrogen-bond acceptors (Lipinski definition) is 5. The van der Waals surface area contributed by atoms with Gasteiger partial charge in [-0.3, -0.25) is 4.79 Å². The number of rotatable bonds is 3. The fourth-order valence-electron chi connectivity index (χ4n) is 3.61. The van der Waals surface area contributed by atoms with Crippen LogP contribution in [0.5, 0.6) is 11.5 Å². The third kappa shape index (κ3) is 6.08. The zero-order valence-electron chi connectivity index (χ0n) is 19.8. The number of benzene rings is 2. The summed E-state index contributed by atoms with van der Waals surface area (Å²) in [7, 11) is 0. The van der Waals surface area contributed by atoms with E-state index in [1.807, 2.05) is 0 Å². The third-order valence-corrected chi connectivity index (χ3v) is 5.32. The Morgan fingerprint density at radius 1 is 0.971 bits per heavy atom. The number of anilines is 1. The van der Waals surface area contributed by atoms with Crippen LogP contribution in [0.25, 0.3) is 10.9 Å². The molecule has 0 radical (unpaired) electrons. The molecule has 0 aliphatic carbocycles. The molecule has 0 atom stereocenters. The normalized spacial score (nSPS) is 14.1. The zero-order valence-corrected chi connectivity index (χ0v) is 19.8. The van der Waals surface area contributed by atoms with Crippen molar-refractivity contribution in [2.75, 3.05) is 31.5 Å². The number of carbonyl (C=O) groups is 2. The van der Waals surface area contributed by atoms with Crippen LogP contribution in [0.1, 0.15) is 20.8 Å². The van der Waals surface area contributed by atoms with Gasteiger partial charge in [-0.1, -0.05) is 0 Å². The van der Waals surface area contributed by atoms with Crippen molar-refractivity contribution in [3.8, 4) is 11.5 Å². The molecule has 3 amide bonds. The number of ether oxygens (including phenoxy) is 2. The highest BCUT2D eigenvalue weighted by molar-refractivity contribution is 5.89. The molecule has 2 aromatic carbocycles. The number of nitrogens with one attached hydrogen (secondary N) is 2. The predicted molar refractivity (Wildman–Crippen MR) is 129 cm³/mol. The van der Waals surface area contributed by atoms with E-state index in [0.29, 0.717) is 37.4 Å². The van der Waals surface area contributed by atoms with Crippen molar-refractivity contribution < 1.29 is 23.5 Å². The summed E-state index contributed by atoms with van der Waals surface area (Å²) in [5.74, 6) is -0.236. The molecule has 3 aromatic rings. The van der Waals surface area contributed by atoms with Gasteiger partial charge < -0.3 is 29.6 Å². The van der Waals surface area contributed by atoms with Crippen molar-refractivity contribution in [2.24, 2.45) is 0 Å². The molecule has 2 heterocycles. The van der Waals surface area contributed by atoms with Gasteiger partial charge in [-0.15, -0.1) is 0 Å². The van der Waals surface area contributed by atoms with E-state index in [2.05, 4.69) is 10.3 Å². The van der Waals surface area contributed by atoms with E-state index in [-0.39, 0.29) is 23.0 Å². The minimum absolute atomic E-state index is 0.00208. The molecule has 1 fully saturated rings. The van der Waals surface area contributed by atoms with Crippen molar-refractivity contribution >= 4 is 28.7 Å². The van der Waals surface area contributed by atoms with Crippen molar-refractivity contribution in [3.63, 3.8) is 0 Å². The molecule has 1 aromatic heterocycles. The molecule has 4 rings (SSSR count). The summed E-state index contributed by atoms with van der Waals surface area (Å²) < 4.78 is 25.7. The van der Waals surface area contributed by atoms with E-state index >= 15 is 0 Å². The topological polar surface area (TPSA) is 104 Å². The highest BCUT2D eigenvalue weighted by atomic mass is 19.1. The minimum atomic E-state index is -0.640. The lowest BCUT2D eigenvalue weighted by atomic mass is 10.2. The van der Waals surface area contributed by atoms with Gasteiger partial charge in [0.2, 0.25) is 5.56 Å². The van der Waals surface area contributed by atoms with E-state index in [1.165, 1.54) is 18.2 Å². The molecule has 35 heavy (non-hydrogen) atoms. The van der Waals surface area contributed by atoms with Crippen molar-refractivity contribution in [1.82, 2.24) is 14.8 Å². The van der Waals surface area contributed by atoms with Crippen molar-refractivity contribution in [3.05, 3.63) is 64.7 Å². The highest BCUT2D eigenvalue weighted by Gasteiger charge is 2.27. The second-order valence-corrected chi connectivity index (χ2v) is 9.20. The fraction of sp³-hybridized carbons (Fsp3) is 0.320. The molecule has 0 saturated carbocycles. The summed E-state index contributed by atoms with van der Waals surface area (Å²) >= 11 is 0. The molecule has 0 spiro atoms. The lowest BCUT2D eigenvalue weighted by Crippen LogP contribution is -2.52. The van der Waals surface area contributed by atoms with Gasteiger partial charge in [0, 0.05) is 54.9 Å². The van der Waals surface area contributed by atoms with Gasteiger partial charge in [-0.2, -0.15) is 0 Å². The molecule has 10 heteroatoms. The smallest absolute Gasteiger partial charge is 0.410 e. The summed E-state index contributed by atoms with van der Waals surface area (Å²) in [6.45, 7) is 6.77. The van der Waals surface area contributed by atoms with Gasteiger partial charge in [-0.25, -0.2) is 14.0 Å². The monoisotopic (exact) mass is 482 g/mol. The Morgan fingerprint density at radius 3 is 2.37 bits per heavy atom. The van der Waals surface area contributed by atoms with Gasteiger partial charge in [0.15, 0.2) is 11.6 Å². The van der Waals surface area contributed by atoms with E-state index in [9.17, 15) is 18.8 Å². The van der Waals surface area contributed by atoms with Gasteiger partial charge in [0.25, 0.3) is 0 Å². The number of carbonyl (C=O) groups excluding carboxylic acids is 2. The Hall–Kier alpha value is -4.08. The molecule has 9 nitrogen and oxygen atoms in total. The molecule has 1 saturated heterocycles. The van der Waals surface area contributed by atoms with Gasteiger partial charge >= 0.3 is 12.1 Å². The van der Waals surface area contributed by atoms with Crippen molar-refractivity contribution in [1.29, 1.82) is 0 Å². The molecular weight excluding hydrogens is 455 g/mol. The maximum atomic E-state index is 14.7. The SMILES string of the molecule is CC(C)(C)OC(=O)N1CCN(C(=O)Nc2ccc(Oc3ccc4[nH]c(=O)ccc4c3)c(F)c2)CC1. The Labute approximate surface area is 201 Å². The van der Waals surface area contributed by atoms with Crippen LogP contribution in [0.4, 0.5) is 19.7 Å². The van der Waals surface area contributed by atoms with E-state index < -0.39 is 17.5 Å². The first-order valence-electron chi connectivity index (χ1n) is 11.2. The number of hydrogen-bond donors (Lipinski definition) is 2. The average molecular weight is 483 g/mol. The van der Waals surface area contributed by atoms with Crippen LogP contribution in [-0.4, -0.2) is 58.7 Å². The predicted octanol–water partition coefficient (Wildman–Crippen LogP) is 4.54. The fourth-order valence-corrected chi connectivity index (χ4v) is 3.61. The molecular formula is C25H27FN4O5. The molecule has 1 aliphatic heterocycles. The Morgan fingerprint density at radius 2 is 1.69 bits per heavy atom. The number of pyridine rings is 1. The van der Waals surface area contributed by atoms with Crippen LogP contribution < -0.4 is 15.6 Å². The maximum absolute atomic E-state index is 14.7. The second-order valence-electron chi connectivity index (χ2n) is 9.20. The lowest BCUT2D eigenvalue weighted by molar-refractivity contribution is 0.0174. The second kappa shape index (κ2) is 9.65. The van der Waals surface area contributed by atoms with Crippen LogP contribution in [0, 0.1) is 5.82 Å². The first kappa shape index (κ1) is 24.1. The Kier molecular flexibility index (Phi) is 6.63. The number of H-pyrrole nitrogens is 1. The summed E-state index contributed by atoms with van der Waals surface area (Å²) in [4.78, 5) is 42.0. The quantitative estimate of drug-likeness (QED) is 0.570. The van der Waals surface area contributed by atoms with E-state index in [1.54, 1.807) is 60.9 Å². The summed E-state index contributed by atoms with van der Waals surface area (Å²) in [5.41, 5.74) is 0.140. The number of fused-ring (bicyclic) bond motifs is 1. The largest absolute Gasteiger partial charge is 0.454 e. The number of aromatic amines is 1. The van der Waals surface area contributed by atoms with Gasteiger partial charge in [0.05, 0.1) is 0 Å². The van der Waals surface area contributed by atoms with Crippen LogP contribution in [-0.2, 0) is 4.74 Å². The van der Waals surface area contributed by atoms with Crippen LogP contribution >= 0.6 is 0 Å². The summed E-state index contributed by atoms with van der Waals surface area (Å²) in [6.07, 6.45) is -0.407. The molecule has 184 valence electrons. The number of nitrogens with zero attached hydrogens (tertiary/aromatic N) is 2. The number of halogens is 1.